The summed E-state index contributed by atoms with van der Waals surface area (Å²) in [6, 6.07) is 0. The quantitative estimate of drug-likeness (QED) is 0.642. The molecule has 0 bridgehead atoms. The molecule has 0 spiro atoms. The van der Waals surface area contributed by atoms with E-state index in [2.05, 4.69) is 25.8 Å². The fourth-order valence-corrected chi connectivity index (χ4v) is 2.97. The first-order valence-electron chi connectivity index (χ1n) is 6.94. The van der Waals surface area contributed by atoms with Gasteiger partial charge in [0.1, 0.15) is 0 Å². The van der Waals surface area contributed by atoms with Gasteiger partial charge in [0.25, 0.3) is 0 Å². The monoisotopic (exact) mass is 227 g/mol. The average Bonchev–Trinajstić information content (AvgIpc) is 2.22. The summed E-state index contributed by atoms with van der Waals surface area (Å²) in [4.78, 5) is 2.48. The van der Waals surface area contributed by atoms with Gasteiger partial charge in [-0.25, -0.2) is 0 Å². The lowest BCUT2D eigenvalue weighted by Crippen LogP contribution is -2.31. The summed E-state index contributed by atoms with van der Waals surface area (Å²) < 4.78 is 0. The van der Waals surface area contributed by atoms with Gasteiger partial charge in [0.05, 0.1) is 0 Å². The van der Waals surface area contributed by atoms with Crippen LogP contribution in [0.1, 0.15) is 66.2 Å². The molecular formula is C15H33N. The standard InChI is InChI=1S/C14H29N.CH4/c1-4-6-13(7-5-2)12-14-8-10-15(3)11-9-14;/h13-14H,4-12H2,1-3H3;1H4. The summed E-state index contributed by atoms with van der Waals surface area (Å²) in [5.41, 5.74) is 0. The van der Waals surface area contributed by atoms with Crippen molar-refractivity contribution in [2.75, 3.05) is 20.1 Å². The van der Waals surface area contributed by atoms with Gasteiger partial charge in [-0.15, -0.1) is 0 Å². The zero-order valence-corrected chi connectivity index (χ0v) is 11.0. The zero-order chi connectivity index (χ0) is 11.1. The van der Waals surface area contributed by atoms with Crippen LogP contribution in [-0.2, 0) is 0 Å². The third-order valence-corrected chi connectivity index (χ3v) is 3.90. The van der Waals surface area contributed by atoms with Crippen LogP contribution in [0.2, 0.25) is 0 Å². The van der Waals surface area contributed by atoms with Crippen LogP contribution in [0.25, 0.3) is 0 Å². The van der Waals surface area contributed by atoms with Gasteiger partial charge in [-0.1, -0.05) is 47.0 Å². The van der Waals surface area contributed by atoms with E-state index in [1.54, 1.807) is 0 Å². The van der Waals surface area contributed by atoms with Crippen LogP contribution >= 0.6 is 0 Å². The molecule has 0 aromatic carbocycles. The van der Waals surface area contributed by atoms with E-state index in [1.807, 2.05) is 0 Å². The van der Waals surface area contributed by atoms with Crippen molar-refractivity contribution in [3.05, 3.63) is 0 Å². The van der Waals surface area contributed by atoms with Crippen molar-refractivity contribution in [2.45, 2.75) is 66.2 Å². The Morgan fingerprint density at radius 3 is 2.00 bits per heavy atom. The van der Waals surface area contributed by atoms with Crippen molar-refractivity contribution in [1.82, 2.24) is 4.90 Å². The van der Waals surface area contributed by atoms with Crippen LogP contribution < -0.4 is 0 Å². The molecule has 0 saturated carbocycles. The minimum absolute atomic E-state index is 0. The number of hydrogen-bond acceptors (Lipinski definition) is 1. The molecule has 1 nitrogen and oxygen atoms in total. The van der Waals surface area contributed by atoms with E-state index in [1.165, 1.54) is 58.0 Å². The van der Waals surface area contributed by atoms with Gasteiger partial charge < -0.3 is 4.90 Å². The van der Waals surface area contributed by atoms with Crippen LogP contribution in [0.15, 0.2) is 0 Å². The van der Waals surface area contributed by atoms with Gasteiger partial charge in [-0.05, 0) is 51.2 Å². The number of rotatable bonds is 6. The van der Waals surface area contributed by atoms with Crippen LogP contribution in [0.5, 0.6) is 0 Å². The first kappa shape index (κ1) is 16.0. The Morgan fingerprint density at radius 1 is 1.06 bits per heavy atom. The zero-order valence-electron chi connectivity index (χ0n) is 11.0. The normalized spacial score (nSPS) is 18.8. The predicted molar refractivity (Wildman–Crippen MR) is 74.9 cm³/mol. The molecule has 0 aliphatic carbocycles. The highest BCUT2D eigenvalue weighted by molar-refractivity contribution is 4.73. The smallest absolute Gasteiger partial charge is 0.00191 e. The molecule has 0 amide bonds. The summed E-state index contributed by atoms with van der Waals surface area (Å²) in [6.45, 7) is 7.32. The maximum Gasteiger partial charge on any atom is -0.00191 e. The van der Waals surface area contributed by atoms with Crippen LogP contribution in [0, 0.1) is 11.8 Å². The number of nitrogens with zero attached hydrogens (tertiary/aromatic N) is 1. The Morgan fingerprint density at radius 2 is 1.56 bits per heavy atom. The highest BCUT2D eigenvalue weighted by Gasteiger charge is 2.19. The summed E-state index contributed by atoms with van der Waals surface area (Å²) in [7, 11) is 2.26. The fraction of sp³-hybridized carbons (Fsp3) is 1.00. The molecule has 1 aliphatic rings. The second kappa shape index (κ2) is 9.04. The van der Waals surface area contributed by atoms with E-state index >= 15 is 0 Å². The lowest BCUT2D eigenvalue weighted by Gasteiger charge is -2.31. The van der Waals surface area contributed by atoms with Crippen molar-refractivity contribution < 1.29 is 0 Å². The minimum Gasteiger partial charge on any atom is -0.306 e. The molecule has 0 unspecified atom stereocenters. The molecule has 98 valence electrons. The first-order chi connectivity index (χ1) is 7.26. The van der Waals surface area contributed by atoms with E-state index in [0.29, 0.717) is 0 Å². The Bertz CT molecular complexity index is 142. The summed E-state index contributed by atoms with van der Waals surface area (Å²) in [5, 5.41) is 0. The Balaban J connectivity index is 0.00000225. The minimum atomic E-state index is 0. The molecule has 1 fully saturated rings. The molecular weight excluding hydrogens is 194 g/mol. The van der Waals surface area contributed by atoms with Gasteiger partial charge in [-0.2, -0.15) is 0 Å². The van der Waals surface area contributed by atoms with Gasteiger partial charge in [0.15, 0.2) is 0 Å². The summed E-state index contributed by atoms with van der Waals surface area (Å²) in [6.07, 6.45) is 10.1. The second-order valence-corrected chi connectivity index (χ2v) is 5.43. The maximum absolute atomic E-state index is 2.48. The molecule has 1 heteroatoms. The molecule has 1 aliphatic heterocycles. The SMILES string of the molecule is C.CCCC(CCC)CC1CCN(C)CC1. The number of likely N-dealkylation sites (tertiary alicyclic amines) is 1. The topological polar surface area (TPSA) is 3.24 Å². The molecule has 16 heavy (non-hydrogen) atoms. The Kier molecular flexibility index (Phi) is 9.02. The van der Waals surface area contributed by atoms with Crippen molar-refractivity contribution in [1.29, 1.82) is 0 Å². The molecule has 1 heterocycles. The third-order valence-electron chi connectivity index (χ3n) is 3.90. The summed E-state index contributed by atoms with van der Waals surface area (Å²) >= 11 is 0. The van der Waals surface area contributed by atoms with Crippen LogP contribution in [0.3, 0.4) is 0 Å². The van der Waals surface area contributed by atoms with Crippen molar-refractivity contribution in [2.24, 2.45) is 11.8 Å². The van der Waals surface area contributed by atoms with Crippen molar-refractivity contribution in [3.63, 3.8) is 0 Å². The van der Waals surface area contributed by atoms with Gasteiger partial charge in [-0.3, -0.25) is 0 Å². The van der Waals surface area contributed by atoms with E-state index in [9.17, 15) is 0 Å². The van der Waals surface area contributed by atoms with E-state index < -0.39 is 0 Å². The second-order valence-electron chi connectivity index (χ2n) is 5.43. The van der Waals surface area contributed by atoms with E-state index in [4.69, 9.17) is 0 Å². The van der Waals surface area contributed by atoms with Gasteiger partial charge in [0.2, 0.25) is 0 Å². The average molecular weight is 227 g/mol. The molecule has 1 rings (SSSR count). The molecule has 0 aromatic heterocycles. The maximum atomic E-state index is 2.48. The Labute approximate surface area is 104 Å². The predicted octanol–water partition coefficient (Wildman–Crippen LogP) is 4.57. The lowest BCUT2D eigenvalue weighted by atomic mass is 9.83. The Hall–Kier alpha value is -0.0400. The lowest BCUT2D eigenvalue weighted by molar-refractivity contribution is 0.189. The third kappa shape index (κ3) is 5.89. The molecule has 1 saturated heterocycles. The number of hydrogen-bond donors (Lipinski definition) is 0. The van der Waals surface area contributed by atoms with E-state index in [0.717, 1.165) is 11.8 Å². The van der Waals surface area contributed by atoms with Crippen molar-refractivity contribution in [3.8, 4) is 0 Å². The van der Waals surface area contributed by atoms with Gasteiger partial charge in [0, 0.05) is 0 Å². The van der Waals surface area contributed by atoms with Crippen molar-refractivity contribution >= 4 is 0 Å². The molecule has 0 radical (unpaired) electrons. The summed E-state index contributed by atoms with van der Waals surface area (Å²) in [5.74, 6) is 2.05. The van der Waals surface area contributed by atoms with Crippen LogP contribution in [0.4, 0.5) is 0 Å². The van der Waals surface area contributed by atoms with Crippen LogP contribution in [-0.4, -0.2) is 25.0 Å². The van der Waals surface area contributed by atoms with E-state index in [-0.39, 0.29) is 7.43 Å². The number of piperidine rings is 1. The molecule has 0 atom stereocenters. The largest absolute Gasteiger partial charge is 0.306 e. The fourth-order valence-electron chi connectivity index (χ4n) is 2.97. The van der Waals surface area contributed by atoms with Gasteiger partial charge >= 0.3 is 0 Å². The highest BCUT2D eigenvalue weighted by atomic mass is 15.1. The molecule has 0 N–H and O–H groups in total. The highest BCUT2D eigenvalue weighted by Crippen LogP contribution is 2.28. The first-order valence-corrected chi connectivity index (χ1v) is 6.94. The molecule has 0 aromatic rings.